The lowest BCUT2D eigenvalue weighted by atomic mass is 10.2. The monoisotopic (exact) mass is 464 g/mol. The van der Waals surface area contributed by atoms with Crippen molar-refractivity contribution in [2.75, 3.05) is 41.3 Å². The van der Waals surface area contributed by atoms with Gasteiger partial charge < -0.3 is 19.9 Å². The molecule has 0 saturated heterocycles. The molecular weight excluding hydrogens is 438 g/mol. The maximum Gasteiger partial charge on any atom is 0.243 e. The van der Waals surface area contributed by atoms with Crippen LogP contribution in [0, 0.1) is 5.82 Å². The third-order valence-electron chi connectivity index (χ3n) is 3.26. The standard InChI is InChI=1S/C17H25FN4O2.HI/c1-6-9-19-17(20-11-16(23)21(2)3)22(4)12-13-7-8-15(24-5)14(18)10-13;/h6-8,10H,1,9,11-12H2,2-5H3,(H,19,20);1H. The lowest BCUT2D eigenvalue weighted by Crippen LogP contribution is -2.39. The molecule has 0 bridgehead atoms. The van der Waals surface area contributed by atoms with Gasteiger partial charge in [0.15, 0.2) is 17.5 Å². The molecule has 1 rings (SSSR count). The van der Waals surface area contributed by atoms with Gasteiger partial charge in [0.25, 0.3) is 0 Å². The Morgan fingerprint density at radius 1 is 1.40 bits per heavy atom. The summed E-state index contributed by atoms with van der Waals surface area (Å²) >= 11 is 0. The molecule has 0 spiro atoms. The van der Waals surface area contributed by atoms with E-state index in [1.807, 2.05) is 11.9 Å². The number of methoxy groups -OCH3 is 1. The van der Waals surface area contributed by atoms with E-state index < -0.39 is 5.82 Å². The Hall–Kier alpha value is -1.84. The summed E-state index contributed by atoms with van der Waals surface area (Å²) in [7, 11) is 6.60. The van der Waals surface area contributed by atoms with E-state index in [9.17, 15) is 9.18 Å². The number of hydrogen-bond acceptors (Lipinski definition) is 3. The zero-order valence-electron chi connectivity index (χ0n) is 15.1. The Labute approximate surface area is 165 Å². The van der Waals surface area contributed by atoms with Crippen LogP contribution in [-0.2, 0) is 11.3 Å². The average molecular weight is 464 g/mol. The molecular formula is C17H26FIN4O2. The molecule has 1 amide bonds. The number of halogens is 2. The molecule has 6 nitrogen and oxygen atoms in total. The van der Waals surface area contributed by atoms with E-state index in [0.29, 0.717) is 19.0 Å². The highest BCUT2D eigenvalue weighted by atomic mass is 127. The van der Waals surface area contributed by atoms with Gasteiger partial charge in [-0.05, 0) is 17.7 Å². The highest BCUT2D eigenvalue weighted by molar-refractivity contribution is 14.0. The third-order valence-corrected chi connectivity index (χ3v) is 3.26. The zero-order chi connectivity index (χ0) is 18.1. The first kappa shape index (κ1) is 23.2. The summed E-state index contributed by atoms with van der Waals surface area (Å²) in [4.78, 5) is 19.3. The second kappa shape index (κ2) is 11.7. The molecule has 0 fully saturated rings. The Bertz CT molecular complexity index is 608. The van der Waals surface area contributed by atoms with Gasteiger partial charge in [-0.15, -0.1) is 30.6 Å². The number of nitrogens with zero attached hydrogens (tertiary/aromatic N) is 3. The molecule has 0 aliphatic rings. The molecule has 0 saturated carbocycles. The maximum absolute atomic E-state index is 13.8. The number of ether oxygens (including phenoxy) is 1. The van der Waals surface area contributed by atoms with E-state index in [-0.39, 0.29) is 42.2 Å². The van der Waals surface area contributed by atoms with Crippen LogP contribution in [0.15, 0.2) is 35.8 Å². The van der Waals surface area contributed by atoms with Gasteiger partial charge in [0.2, 0.25) is 5.91 Å². The van der Waals surface area contributed by atoms with Gasteiger partial charge in [-0.3, -0.25) is 4.79 Å². The van der Waals surface area contributed by atoms with Gasteiger partial charge in [-0.2, -0.15) is 0 Å². The van der Waals surface area contributed by atoms with Crippen molar-refractivity contribution in [2.24, 2.45) is 4.99 Å². The van der Waals surface area contributed by atoms with Crippen LogP contribution < -0.4 is 10.1 Å². The Morgan fingerprint density at radius 3 is 2.60 bits per heavy atom. The molecule has 140 valence electrons. The van der Waals surface area contributed by atoms with Crippen LogP contribution >= 0.6 is 24.0 Å². The fraction of sp³-hybridized carbons (Fsp3) is 0.412. The number of guanidine groups is 1. The van der Waals surface area contributed by atoms with Crippen LogP contribution in [0.1, 0.15) is 5.56 Å². The van der Waals surface area contributed by atoms with Crippen LogP contribution in [0.3, 0.4) is 0 Å². The van der Waals surface area contributed by atoms with Crippen molar-refractivity contribution >= 4 is 35.8 Å². The van der Waals surface area contributed by atoms with Crippen molar-refractivity contribution in [3.63, 3.8) is 0 Å². The molecule has 0 unspecified atom stereocenters. The molecule has 0 aromatic heterocycles. The summed E-state index contributed by atoms with van der Waals surface area (Å²) in [5.74, 6) is 0.235. The second-order valence-electron chi connectivity index (χ2n) is 5.42. The number of hydrogen-bond donors (Lipinski definition) is 1. The van der Waals surface area contributed by atoms with Gasteiger partial charge in [0.1, 0.15) is 6.54 Å². The number of aliphatic imine (C=N–C) groups is 1. The molecule has 1 N–H and O–H groups in total. The van der Waals surface area contributed by atoms with Crippen LogP contribution in [0.2, 0.25) is 0 Å². The summed E-state index contributed by atoms with van der Waals surface area (Å²) in [6, 6.07) is 4.79. The molecule has 0 atom stereocenters. The Balaban J connectivity index is 0.00000576. The number of carbonyl (C=O) groups is 1. The first-order valence-electron chi connectivity index (χ1n) is 7.52. The van der Waals surface area contributed by atoms with E-state index in [2.05, 4.69) is 16.9 Å². The molecule has 0 heterocycles. The van der Waals surface area contributed by atoms with Crippen molar-refractivity contribution in [1.29, 1.82) is 0 Å². The predicted molar refractivity (Wildman–Crippen MR) is 109 cm³/mol. The van der Waals surface area contributed by atoms with Crippen LogP contribution in [0.25, 0.3) is 0 Å². The van der Waals surface area contributed by atoms with Crippen LogP contribution in [0.4, 0.5) is 4.39 Å². The number of benzene rings is 1. The number of rotatable bonds is 7. The zero-order valence-corrected chi connectivity index (χ0v) is 17.4. The molecule has 0 radical (unpaired) electrons. The maximum atomic E-state index is 13.8. The van der Waals surface area contributed by atoms with Gasteiger partial charge in [-0.1, -0.05) is 12.1 Å². The van der Waals surface area contributed by atoms with Crippen molar-refractivity contribution in [2.45, 2.75) is 6.54 Å². The van der Waals surface area contributed by atoms with Crippen LogP contribution in [0.5, 0.6) is 5.75 Å². The smallest absolute Gasteiger partial charge is 0.243 e. The second-order valence-corrected chi connectivity index (χ2v) is 5.42. The minimum atomic E-state index is -0.413. The largest absolute Gasteiger partial charge is 0.494 e. The summed E-state index contributed by atoms with van der Waals surface area (Å²) < 4.78 is 18.7. The SMILES string of the molecule is C=CCNC(=NCC(=O)N(C)C)N(C)Cc1ccc(OC)c(F)c1.I. The predicted octanol–water partition coefficient (Wildman–Crippen LogP) is 2.10. The van der Waals surface area contributed by atoms with Crippen LogP contribution in [-0.4, -0.2) is 63.0 Å². The Kier molecular flexibility index (Phi) is 10.8. The number of nitrogens with one attached hydrogen (secondary N) is 1. The topological polar surface area (TPSA) is 57.2 Å². The van der Waals surface area contributed by atoms with Gasteiger partial charge in [0, 0.05) is 34.2 Å². The molecule has 25 heavy (non-hydrogen) atoms. The summed E-state index contributed by atoms with van der Waals surface area (Å²) in [5.41, 5.74) is 0.767. The van der Waals surface area contributed by atoms with Gasteiger partial charge in [-0.25, -0.2) is 9.38 Å². The first-order valence-corrected chi connectivity index (χ1v) is 7.52. The van der Waals surface area contributed by atoms with E-state index >= 15 is 0 Å². The lowest BCUT2D eigenvalue weighted by Gasteiger charge is -2.22. The van der Waals surface area contributed by atoms with E-state index in [1.165, 1.54) is 18.1 Å². The fourth-order valence-electron chi connectivity index (χ4n) is 1.92. The van der Waals surface area contributed by atoms with Crippen molar-refractivity contribution in [3.8, 4) is 5.75 Å². The normalized spacial score (nSPS) is 10.5. The molecule has 0 aliphatic carbocycles. The van der Waals surface area contributed by atoms with Gasteiger partial charge in [0.05, 0.1) is 7.11 Å². The van der Waals surface area contributed by atoms with Crippen molar-refractivity contribution < 1.29 is 13.9 Å². The highest BCUT2D eigenvalue weighted by Gasteiger charge is 2.11. The third kappa shape index (κ3) is 7.72. The summed E-state index contributed by atoms with van der Waals surface area (Å²) in [5, 5.41) is 3.09. The lowest BCUT2D eigenvalue weighted by molar-refractivity contribution is -0.127. The summed E-state index contributed by atoms with van der Waals surface area (Å²) in [6.07, 6.45) is 1.70. The van der Waals surface area contributed by atoms with Crippen molar-refractivity contribution in [3.05, 3.63) is 42.2 Å². The minimum absolute atomic E-state index is 0. The number of amides is 1. The fourth-order valence-corrected chi connectivity index (χ4v) is 1.92. The first-order chi connectivity index (χ1) is 11.4. The molecule has 8 heteroatoms. The Morgan fingerprint density at radius 2 is 2.08 bits per heavy atom. The van der Waals surface area contributed by atoms with Gasteiger partial charge >= 0.3 is 0 Å². The van der Waals surface area contributed by atoms with E-state index in [1.54, 1.807) is 32.3 Å². The average Bonchev–Trinajstić information content (AvgIpc) is 2.54. The molecule has 1 aromatic rings. The molecule has 0 aliphatic heterocycles. The van der Waals surface area contributed by atoms with E-state index in [4.69, 9.17) is 4.74 Å². The van der Waals surface area contributed by atoms with Crippen molar-refractivity contribution in [1.82, 2.24) is 15.1 Å². The number of likely N-dealkylation sites (N-methyl/N-ethyl adjacent to an activating group) is 1. The number of carbonyl (C=O) groups excluding carboxylic acids is 1. The van der Waals surface area contributed by atoms with E-state index in [0.717, 1.165) is 5.56 Å². The highest BCUT2D eigenvalue weighted by Crippen LogP contribution is 2.18. The summed E-state index contributed by atoms with van der Waals surface area (Å²) in [6.45, 7) is 4.63. The molecule has 1 aromatic carbocycles. The quantitative estimate of drug-likeness (QED) is 0.291. The minimum Gasteiger partial charge on any atom is -0.494 e.